The van der Waals surface area contributed by atoms with Crippen molar-refractivity contribution in [1.82, 2.24) is 10.2 Å². The van der Waals surface area contributed by atoms with Gasteiger partial charge in [-0.2, -0.15) is 0 Å². The fraction of sp³-hybridized carbons (Fsp3) is 0.441. The Hall–Kier alpha value is -3.78. The number of ether oxygens (including phenoxy) is 1. The molecule has 2 amide bonds. The molecule has 3 atom stereocenters. The molecule has 228 valence electrons. The molecule has 0 radical (unpaired) electrons. The molecule has 8 heteroatoms. The highest BCUT2D eigenvalue weighted by Gasteiger charge is 2.32. The number of aliphatic hydroxyl groups excluding tert-OH is 1. The number of esters is 1. The van der Waals surface area contributed by atoms with E-state index in [0.717, 1.165) is 11.1 Å². The van der Waals surface area contributed by atoms with Crippen LogP contribution in [0, 0.1) is 23.1 Å². The monoisotopic (exact) mass is 580 g/mol. The van der Waals surface area contributed by atoms with Crippen molar-refractivity contribution in [1.29, 1.82) is 0 Å². The first-order chi connectivity index (χ1) is 20.0. The molecule has 0 aliphatic rings. The number of benzene rings is 2. The van der Waals surface area contributed by atoms with Gasteiger partial charge in [0.15, 0.2) is 0 Å². The molecule has 0 aliphatic heterocycles. The molecule has 2 rings (SSSR count). The number of nitrogens with one attached hydrogen (secondary N) is 1. The lowest BCUT2D eigenvalue weighted by Crippen LogP contribution is -2.50. The van der Waals surface area contributed by atoms with E-state index in [1.807, 2.05) is 51.1 Å². The van der Waals surface area contributed by atoms with Gasteiger partial charge >= 0.3 is 5.97 Å². The predicted octanol–water partition coefficient (Wildman–Crippen LogP) is 5.24. The van der Waals surface area contributed by atoms with E-state index in [1.165, 1.54) is 12.1 Å². The molecule has 2 aromatic rings. The maximum atomic E-state index is 13.5. The quantitative estimate of drug-likeness (QED) is 0.197. The van der Waals surface area contributed by atoms with Crippen molar-refractivity contribution in [3.63, 3.8) is 0 Å². The van der Waals surface area contributed by atoms with Crippen LogP contribution in [0.15, 0.2) is 79.9 Å². The van der Waals surface area contributed by atoms with Crippen molar-refractivity contribution in [3.8, 4) is 0 Å². The molecule has 0 saturated carbocycles. The van der Waals surface area contributed by atoms with Crippen molar-refractivity contribution in [3.05, 3.63) is 96.9 Å². The molecular weight excluding hydrogens is 535 g/mol. The second-order valence-corrected chi connectivity index (χ2v) is 11.6. The first-order valence-corrected chi connectivity index (χ1v) is 14.3. The van der Waals surface area contributed by atoms with Gasteiger partial charge in [0.05, 0.1) is 24.5 Å². The van der Waals surface area contributed by atoms with Gasteiger partial charge in [0, 0.05) is 19.5 Å². The molecule has 2 N–H and O–H groups in total. The van der Waals surface area contributed by atoms with Gasteiger partial charge in [-0.15, -0.1) is 13.2 Å². The van der Waals surface area contributed by atoms with E-state index in [0.29, 0.717) is 19.4 Å². The summed E-state index contributed by atoms with van der Waals surface area (Å²) in [6.07, 6.45) is 4.24. The first kappa shape index (κ1) is 34.4. The molecule has 0 heterocycles. The van der Waals surface area contributed by atoms with Crippen LogP contribution >= 0.6 is 0 Å². The molecule has 0 spiro atoms. The first-order valence-electron chi connectivity index (χ1n) is 14.3. The zero-order chi connectivity index (χ0) is 31.1. The number of allylic oxidation sites excluding steroid dienone is 2. The van der Waals surface area contributed by atoms with Gasteiger partial charge in [-0.1, -0.05) is 75.4 Å². The van der Waals surface area contributed by atoms with Crippen molar-refractivity contribution >= 4 is 17.8 Å². The van der Waals surface area contributed by atoms with Gasteiger partial charge in [-0.05, 0) is 47.9 Å². The lowest BCUT2D eigenvalue weighted by Gasteiger charge is -2.33. The van der Waals surface area contributed by atoms with E-state index in [-0.39, 0.29) is 50.2 Å². The Morgan fingerprint density at radius 3 is 2.17 bits per heavy atom. The summed E-state index contributed by atoms with van der Waals surface area (Å²) in [5, 5.41) is 12.5. The maximum absolute atomic E-state index is 13.5. The molecule has 0 saturated heterocycles. The highest BCUT2D eigenvalue weighted by Crippen LogP contribution is 2.23. The molecule has 0 fully saturated rings. The van der Waals surface area contributed by atoms with E-state index in [1.54, 1.807) is 29.2 Å². The number of nitrogens with zero attached hydrogens (tertiary/aromatic N) is 1. The average molecular weight is 581 g/mol. The number of hydrogen-bond acceptors (Lipinski definition) is 5. The molecular formula is C34H45FN2O5. The smallest absolute Gasteiger partial charge is 0.309 e. The van der Waals surface area contributed by atoms with Crippen LogP contribution in [0.5, 0.6) is 0 Å². The van der Waals surface area contributed by atoms with Crippen LogP contribution in [0.4, 0.5) is 4.39 Å². The largest absolute Gasteiger partial charge is 0.463 e. The van der Waals surface area contributed by atoms with E-state index in [2.05, 4.69) is 18.5 Å². The molecule has 0 unspecified atom stereocenters. The van der Waals surface area contributed by atoms with Crippen LogP contribution in [0.1, 0.15) is 51.2 Å². The van der Waals surface area contributed by atoms with Crippen molar-refractivity contribution in [2.45, 2.75) is 59.0 Å². The highest BCUT2D eigenvalue weighted by atomic mass is 19.1. The van der Waals surface area contributed by atoms with Gasteiger partial charge in [-0.3, -0.25) is 14.4 Å². The minimum Gasteiger partial charge on any atom is -0.463 e. The normalized spacial score (nSPS) is 13.4. The van der Waals surface area contributed by atoms with Crippen molar-refractivity contribution < 1.29 is 28.6 Å². The second kappa shape index (κ2) is 17.2. The summed E-state index contributed by atoms with van der Waals surface area (Å²) in [7, 11) is 0. The summed E-state index contributed by atoms with van der Waals surface area (Å²) in [6.45, 7) is 13.5. The third-order valence-corrected chi connectivity index (χ3v) is 7.12. The van der Waals surface area contributed by atoms with Gasteiger partial charge in [0.25, 0.3) is 0 Å². The minimum absolute atomic E-state index is 0.0511. The summed E-state index contributed by atoms with van der Waals surface area (Å²) in [6, 6.07) is 14.9. The maximum Gasteiger partial charge on any atom is 0.309 e. The Balaban J connectivity index is 2.08. The van der Waals surface area contributed by atoms with E-state index in [4.69, 9.17) is 4.74 Å². The van der Waals surface area contributed by atoms with Gasteiger partial charge in [0.1, 0.15) is 12.4 Å². The Kier molecular flexibility index (Phi) is 14.1. The fourth-order valence-corrected chi connectivity index (χ4v) is 4.49. The molecule has 0 aromatic heterocycles. The summed E-state index contributed by atoms with van der Waals surface area (Å²) in [5.74, 6) is -2.55. The number of aliphatic hydroxyl groups is 1. The third kappa shape index (κ3) is 11.6. The SMILES string of the molecule is C=CC[C@@H](CC(=O)N(CCO)Cc1ccccc1)C(=O)N[C@H](COC(=O)[C@@H](CC=C)Cc1ccc(F)cc1)C(C)(C)C. The van der Waals surface area contributed by atoms with E-state index < -0.39 is 29.3 Å². The predicted molar refractivity (Wildman–Crippen MR) is 163 cm³/mol. The molecule has 0 aliphatic carbocycles. The summed E-state index contributed by atoms with van der Waals surface area (Å²) < 4.78 is 19.0. The van der Waals surface area contributed by atoms with Crippen molar-refractivity contribution in [2.75, 3.05) is 19.8 Å². The Labute approximate surface area is 249 Å². The van der Waals surface area contributed by atoms with Crippen LogP contribution in [0.25, 0.3) is 0 Å². The van der Waals surface area contributed by atoms with Crippen LogP contribution in [-0.2, 0) is 32.1 Å². The number of carbonyl (C=O) groups excluding carboxylic acids is 3. The Morgan fingerprint density at radius 1 is 0.976 bits per heavy atom. The van der Waals surface area contributed by atoms with Crippen LogP contribution in [-0.4, -0.2) is 53.6 Å². The van der Waals surface area contributed by atoms with Gasteiger partial charge < -0.3 is 20.1 Å². The standard InChI is InChI=1S/C34H45FN2O5/c1-6-11-27(22-31(39)37(19-20-38)23-26-13-9-8-10-14-26)32(40)36-30(34(3,4)5)24-42-33(41)28(12-7-2)21-25-15-17-29(35)18-16-25/h6-10,13-18,27-28,30,38H,1-2,11-12,19-24H2,3-5H3,(H,36,40)/t27-,28-,30+/m0/s1. The lowest BCUT2D eigenvalue weighted by atomic mass is 9.86. The number of rotatable bonds is 17. The van der Waals surface area contributed by atoms with Gasteiger partial charge in [-0.25, -0.2) is 4.39 Å². The number of hydrogen-bond donors (Lipinski definition) is 2. The second-order valence-electron chi connectivity index (χ2n) is 11.6. The van der Waals surface area contributed by atoms with Crippen molar-refractivity contribution in [2.24, 2.45) is 17.3 Å². The van der Waals surface area contributed by atoms with E-state index in [9.17, 15) is 23.9 Å². The molecule has 2 aromatic carbocycles. The molecule has 0 bridgehead atoms. The fourth-order valence-electron chi connectivity index (χ4n) is 4.49. The Bertz CT molecular complexity index is 1160. The minimum atomic E-state index is -0.681. The zero-order valence-electron chi connectivity index (χ0n) is 25.1. The van der Waals surface area contributed by atoms with Crippen LogP contribution in [0.3, 0.4) is 0 Å². The van der Waals surface area contributed by atoms with Crippen LogP contribution in [0.2, 0.25) is 0 Å². The van der Waals surface area contributed by atoms with Crippen LogP contribution < -0.4 is 5.32 Å². The van der Waals surface area contributed by atoms with Gasteiger partial charge in [0.2, 0.25) is 11.8 Å². The number of carbonyl (C=O) groups is 3. The molecule has 7 nitrogen and oxygen atoms in total. The summed E-state index contributed by atoms with van der Waals surface area (Å²) in [5.41, 5.74) is 1.27. The summed E-state index contributed by atoms with van der Waals surface area (Å²) in [4.78, 5) is 41.3. The van der Waals surface area contributed by atoms with E-state index >= 15 is 0 Å². The topological polar surface area (TPSA) is 95.9 Å². The number of amides is 2. The number of halogens is 1. The summed E-state index contributed by atoms with van der Waals surface area (Å²) >= 11 is 0. The third-order valence-electron chi connectivity index (χ3n) is 7.12. The lowest BCUT2D eigenvalue weighted by molar-refractivity contribution is -0.151. The molecule has 42 heavy (non-hydrogen) atoms. The Morgan fingerprint density at radius 2 is 1.60 bits per heavy atom. The average Bonchev–Trinajstić information content (AvgIpc) is 2.95. The highest BCUT2D eigenvalue weighted by molar-refractivity contribution is 5.86. The zero-order valence-corrected chi connectivity index (χ0v) is 25.1.